The second-order valence-corrected chi connectivity index (χ2v) is 7.45. The Labute approximate surface area is 169 Å². The number of rotatable bonds is 6. The smallest absolute Gasteiger partial charge is 0.273 e. The van der Waals surface area contributed by atoms with Gasteiger partial charge in [0, 0.05) is 24.3 Å². The molecule has 6 heteroatoms. The molecular formula is C23H25N3O3. The standard InChI is InChI=1S/C23H25N3O3/c1-3-15-6-8-16(9-7-15)22-19-20(17-13-14(2)5-10-18(17)28)24-25-21(19)23(29)26(22)11-4-12-27/h5-10,13,22,27-28H,3-4,11-12H2,1-2H3,(H,24,25)/t22-/m1/s1. The monoisotopic (exact) mass is 391 g/mol. The highest BCUT2D eigenvalue weighted by molar-refractivity contribution is 6.00. The third kappa shape index (κ3) is 3.29. The van der Waals surface area contributed by atoms with Crippen molar-refractivity contribution in [3.05, 3.63) is 70.4 Å². The Bertz CT molecular complexity index is 1040. The molecule has 1 atom stereocenters. The van der Waals surface area contributed by atoms with Crippen molar-refractivity contribution >= 4 is 5.91 Å². The van der Waals surface area contributed by atoms with Crippen LogP contribution in [0.1, 0.15) is 52.1 Å². The van der Waals surface area contributed by atoms with E-state index >= 15 is 0 Å². The number of hydrogen-bond donors (Lipinski definition) is 3. The van der Waals surface area contributed by atoms with Crippen molar-refractivity contribution in [3.8, 4) is 17.0 Å². The fourth-order valence-corrected chi connectivity index (χ4v) is 4.00. The first-order valence-electron chi connectivity index (χ1n) is 9.94. The van der Waals surface area contributed by atoms with Gasteiger partial charge in [-0.25, -0.2) is 0 Å². The summed E-state index contributed by atoms with van der Waals surface area (Å²) >= 11 is 0. The van der Waals surface area contributed by atoms with Crippen molar-refractivity contribution in [1.82, 2.24) is 15.1 Å². The van der Waals surface area contributed by atoms with Gasteiger partial charge in [-0.1, -0.05) is 42.8 Å². The zero-order valence-electron chi connectivity index (χ0n) is 16.6. The SMILES string of the molecule is CCc1ccc([C@@H]2c3c(-c4cc(C)ccc4O)n[nH]c3C(=O)N2CCCO)cc1. The number of benzene rings is 2. The molecule has 0 fully saturated rings. The summed E-state index contributed by atoms with van der Waals surface area (Å²) in [6, 6.07) is 13.3. The summed E-state index contributed by atoms with van der Waals surface area (Å²) in [5.74, 6) is -0.00449. The first kappa shape index (κ1) is 19.2. The van der Waals surface area contributed by atoms with E-state index in [0.717, 1.165) is 23.1 Å². The minimum atomic E-state index is -0.316. The Morgan fingerprint density at radius 2 is 1.93 bits per heavy atom. The fourth-order valence-electron chi connectivity index (χ4n) is 4.00. The maximum Gasteiger partial charge on any atom is 0.273 e. The van der Waals surface area contributed by atoms with Crippen LogP contribution in [0.5, 0.6) is 5.75 Å². The molecule has 0 bridgehead atoms. The summed E-state index contributed by atoms with van der Waals surface area (Å²) in [5.41, 5.74) is 5.63. The van der Waals surface area contributed by atoms with Crippen molar-refractivity contribution in [2.75, 3.05) is 13.2 Å². The lowest BCUT2D eigenvalue weighted by molar-refractivity contribution is 0.0732. The number of aromatic nitrogens is 2. The van der Waals surface area contributed by atoms with E-state index in [1.54, 1.807) is 11.0 Å². The quantitative estimate of drug-likeness (QED) is 0.599. The Morgan fingerprint density at radius 1 is 1.17 bits per heavy atom. The zero-order chi connectivity index (χ0) is 20.5. The third-order valence-corrected chi connectivity index (χ3v) is 5.53. The maximum atomic E-state index is 13.1. The summed E-state index contributed by atoms with van der Waals surface area (Å²) in [6.07, 6.45) is 1.44. The summed E-state index contributed by atoms with van der Waals surface area (Å²) < 4.78 is 0. The molecule has 2 aromatic carbocycles. The first-order chi connectivity index (χ1) is 14.0. The van der Waals surface area contributed by atoms with E-state index in [1.165, 1.54) is 5.56 Å². The van der Waals surface area contributed by atoms with Gasteiger partial charge >= 0.3 is 0 Å². The third-order valence-electron chi connectivity index (χ3n) is 5.53. The number of phenolic OH excluding ortho intramolecular Hbond substituents is 1. The lowest BCUT2D eigenvalue weighted by Gasteiger charge is -2.26. The van der Waals surface area contributed by atoms with Gasteiger partial charge in [0.2, 0.25) is 0 Å². The lowest BCUT2D eigenvalue weighted by atomic mass is 9.94. The number of fused-ring (bicyclic) bond motifs is 1. The average molecular weight is 391 g/mol. The Kier molecular flexibility index (Phi) is 5.11. The molecule has 1 aromatic heterocycles. The molecule has 150 valence electrons. The minimum Gasteiger partial charge on any atom is -0.507 e. The van der Waals surface area contributed by atoms with Crippen LogP contribution >= 0.6 is 0 Å². The molecule has 0 saturated carbocycles. The van der Waals surface area contributed by atoms with Crippen LogP contribution in [-0.2, 0) is 6.42 Å². The van der Waals surface area contributed by atoms with Crippen LogP contribution in [0.15, 0.2) is 42.5 Å². The molecule has 1 aliphatic heterocycles. The van der Waals surface area contributed by atoms with Gasteiger partial charge in [-0.05, 0) is 43.0 Å². The van der Waals surface area contributed by atoms with E-state index in [4.69, 9.17) is 0 Å². The highest BCUT2D eigenvalue weighted by Gasteiger charge is 2.42. The first-order valence-corrected chi connectivity index (χ1v) is 9.94. The molecule has 2 heterocycles. The Balaban J connectivity index is 1.87. The number of aromatic hydroxyl groups is 1. The topological polar surface area (TPSA) is 89.5 Å². The van der Waals surface area contributed by atoms with Gasteiger partial charge in [0.05, 0.1) is 6.04 Å². The van der Waals surface area contributed by atoms with Crippen molar-refractivity contribution in [1.29, 1.82) is 0 Å². The molecule has 1 aliphatic rings. The normalized spacial score (nSPS) is 15.8. The van der Waals surface area contributed by atoms with Crippen molar-refractivity contribution < 1.29 is 15.0 Å². The highest BCUT2D eigenvalue weighted by Crippen LogP contribution is 2.44. The van der Waals surface area contributed by atoms with Crippen LogP contribution in [0.2, 0.25) is 0 Å². The molecule has 0 unspecified atom stereocenters. The highest BCUT2D eigenvalue weighted by atomic mass is 16.3. The van der Waals surface area contributed by atoms with Gasteiger partial charge in [0.25, 0.3) is 5.91 Å². The molecule has 0 spiro atoms. The summed E-state index contributed by atoms with van der Waals surface area (Å²) in [7, 11) is 0. The van der Waals surface area contributed by atoms with E-state index in [2.05, 4.69) is 29.3 Å². The van der Waals surface area contributed by atoms with E-state index in [-0.39, 0.29) is 24.3 Å². The van der Waals surface area contributed by atoms with Gasteiger partial charge in [-0.15, -0.1) is 0 Å². The molecule has 3 aromatic rings. The number of carbonyl (C=O) groups excluding carboxylic acids is 1. The minimum absolute atomic E-state index is 0.0168. The van der Waals surface area contributed by atoms with Gasteiger partial charge < -0.3 is 15.1 Å². The van der Waals surface area contributed by atoms with Crippen molar-refractivity contribution in [2.24, 2.45) is 0 Å². The predicted octanol–water partition coefficient (Wildman–Crippen LogP) is 3.58. The molecule has 29 heavy (non-hydrogen) atoms. The number of aliphatic hydroxyl groups excluding tert-OH is 1. The van der Waals surface area contributed by atoms with E-state index in [9.17, 15) is 15.0 Å². The second-order valence-electron chi connectivity index (χ2n) is 7.45. The molecule has 0 radical (unpaired) electrons. The number of nitrogens with one attached hydrogen (secondary N) is 1. The molecule has 6 nitrogen and oxygen atoms in total. The van der Waals surface area contributed by atoms with Gasteiger partial charge in [-0.2, -0.15) is 5.10 Å². The van der Waals surface area contributed by atoms with Crippen LogP contribution in [0.3, 0.4) is 0 Å². The van der Waals surface area contributed by atoms with Crippen LogP contribution in [0, 0.1) is 6.92 Å². The molecule has 3 N–H and O–H groups in total. The number of hydrogen-bond acceptors (Lipinski definition) is 4. The molecule has 1 amide bonds. The molecule has 4 rings (SSSR count). The number of phenols is 1. The zero-order valence-corrected chi connectivity index (χ0v) is 16.6. The molecular weight excluding hydrogens is 366 g/mol. The van der Waals surface area contributed by atoms with E-state index < -0.39 is 0 Å². The van der Waals surface area contributed by atoms with Gasteiger partial charge in [0.15, 0.2) is 0 Å². The fraction of sp³-hybridized carbons (Fsp3) is 0.304. The number of amides is 1. The second kappa shape index (κ2) is 7.72. The summed E-state index contributed by atoms with van der Waals surface area (Å²) in [4.78, 5) is 14.9. The number of aryl methyl sites for hydroxylation is 2. The number of carbonyl (C=O) groups is 1. The maximum absolute atomic E-state index is 13.1. The van der Waals surface area contributed by atoms with Crippen LogP contribution in [-0.4, -0.2) is 44.4 Å². The van der Waals surface area contributed by atoms with Crippen LogP contribution in [0.25, 0.3) is 11.3 Å². The summed E-state index contributed by atoms with van der Waals surface area (Å²) in [5, 5.41) is 27.1. The Hall–Kier alpha value is -3.12. The van der Waals surface area contributed by atoms with Crippen molar-refractivity contribution in [3.63, 3.8) is 0 Å². The number of aliphatic hydroxyl groups is 1. The van der Waals surface area contributed by atoms with Crippen molar-refractivity contribution in [2.45, 2.75) is 32.7 Å². The van der Waals surface area contributed by atoms with Gasteiger partial charge in [0.1, 0.15) is 17.1 Å². The number of nitrogens with zero attached hydrogens (tertiary/aromatic N) is 2. The van der Waals surface area contributed by atoms with E-state index in [1.807, 2.05) is 31.2 Å². The largest absolute Gasteiger partial charge is 0.507 e. The van der Waals surface area contributed by atoms with Crippen LogP contribution in [0.4, 0.5) is 0 Å². The van der Waals surface area contributed by atoms with Crippen LogP contribution < -0.4 is 0 Å². The molecule has 0 aliphatic carbocycles. The number of H-pyrrole nitrogens is 1. The number of aromatic amines is 1. The van der Waals surface area contributed by atoms with E-state index in [0.29, 0.717) is 29.9 Å². The lowest BCUT2D eigenvalue weighted by Crippen LogP contribution is -2.31. The predicted molar refractivity (Wildman–Crippen MR) is 111 cm³/mol. The Morgan fingerprint density at radius 3 is 2.62 bits per heavy atom. The average Bonchev–Trinajstić information content (AvgIpc) is 3.27. The molecule has 0 saturated heterocycles. The van der Waals surface area contributed by atoms with Gasteiger partial charge in [-0.3, -0.25) is 9.89 Å². The summed E-state index contributed by atoms with van der Waals surface area (Å²) in [6.45, 7) is 4.52.